The molecule has 3 aromatic rings. The second-order valence-electron chi connectivity index (χ2n) is 4.59. The van der Waals surface area contributed by atoms with Crippen molar-refractivity contribution >= 4 is 34.0 Å². The van der Waals surface area contributed by atoms with Crippen LogP contribution >= 0.6 is 22.9 Å². The van der Waals surface area contributed by atoms with Crippen LogP contribution in [0.3, 0.4) is 0 Å². The molecule has 0 aliphatic heterocycles. The second-order valence-corrected chi connectivity index (χ2v) is 6.00. The summed E-state index contributed by atoms with van der Waals surface area (Å²) < 4.78 is 2.16. The number of hydrogen-bond acceptors (Lipinski definition) is 4. The first kappa shape index (κ1) is 13.5. The molecule has 0 saturated carbocycles. The van der Waals surface area contributed by atoms with Gasteiger partial charge in [0, 0.05) is 17.3 Å². The van der Waals surface area contributed by atoms with Crippen molar-refractivity contribution < 1.29 is 0 Å². The molecule has 0 amide bonds. The van der Waals surface area contributed by atoms with E-state index in [4.69, 9.17) is 11.6 Å². The maximum absolute atomic E-state index is 6.05. The number of pyridine rings is 1. The lowest BCUT2D eigenvalue weighted by Crippen LogP contribution is -2.09. The highest BCUT2D eigenvalue weighted by atomic mass is 35.5. The Labute approximate surface area is 126 Å². The summed E-state index contributed by atoms with van der Waals surface area (Å²) in [7, 11) is 0. The molecule has 3 aromatic heterocycles. The Bertz CT molecular complexity index is 734. The van der Waals surface area contributed by atoms with Crippen LogP contribution in [-0.2, 0) is 12.3 Å². The molecule has 0 fully saturated rings. The number of thiazole rings is 1. The predicted molar refractivity (Wildman–Crippen MR) is 82.4 cm³/mol. The number of aryl methyl sites for hydroxylation is 1. The maximum Gasteiger partial charge on any atom is 0.125 e. The van der Waals surface area contributed by atoms with Gasteiger partial charge in [0.15, 0.2) is 0 Å². The van der Waals surface area contributed by atoms with Gasteiger partial charge in [-0.05, 0) is 19.4 Å². The van der Waals surface area contributed by atoms with Crippen LogP contribution in [0.5, 0.6) is 0 Å². The number of fused-ring (bicyclic) bond motifs is 1. The fraction of sp³-hybridized carbons (Fsp3) is 0.357. The largest absolute Gasteiger partial charge is 0.317 e. The topological polar surface area (TPSA) is 43.6 Å². The van der Waals surface area contributed by atoms with E-state index >= 15 is 0 Å². The first-order valence-electron chi connectivity index (χ1n) is 6.56. The van der Waals surface area contributed by atoms with Gasteiger partial charge in [0.2, 0.25) is 0 Å². The van der Waals surface area contributed by atoms with Crippen LogP contribution in [-0.4, -0.2) is 19.5 Å². The van der Waals surface area contributed by atoms with Crippen LogP contribution in [0.25, 0.3) is 11.0 Å². The summed E-state index contributed by atoms with van der Waals surface area (Å²) >= 11 is 7.80. The van der Waals surface area contributed by atoms with Crippen molar-refractivity contribution in [3.63, 3.8) is 0 Å². The number of rotatable bonds is 4. The molecular weight excluding hydrogens is 292 g/mol. The maximum atomic E-state index is 6.05. The summed E-state index contributed by atoms with van der Waals surface area (Å²) in [6.45, 7) is 4.28. The molecule has 1 atom stereocenters. The Morgan fingerprint density at radius 3 is 2.95 bits per heavy atom. The van der Waals surface area contributed by atoms with Gasteiger partial charge in [0.25, 0.3) is 0 Å². The Morgan fingerprint density at radius 1 is 1.40 bits per heavy atom. The summed E-state index contributed by atoms with van der Waals surface area (Å²) in [4.78, 5) is 14.5. The van der Waals surface area contributed by atoms with Gasteiger partial charge in [-0.15, -0.1) is 22.9 Å². The second kappa shape index (κ2) is 5.50. The third kappa shape index (κ3) is 2.21. The van der Waals surface area contributed by atoms with E-state index in [2.05, 4.69) is 33.4 Å². The lowest BCUT2D eigenvalue weighted by Gasteiger charge is -2.14. The van der Waals surface area contributed by atoms with Crippen LogP contribution in [0.15, 0.2) is 24.7 Å². The zero-order chi connectivity index (χ0) is 14.1. The standard InChI is InChI=1S/C14H15ClN4S/c1-3-10-7-17-14(20-10)9(2)19-12-4-5-16-8-11(12)18-13(19)6-15/h4-5,7-9H,3,6H2,1-2H3. The fourth-order valence-electron chi connectivity index (χ4n) is 2.32. The molecule has 0 radical (unpaired) electrons. The molecule has 104 valence electrons. The van der Waals surface area contributed by atoms with Gasteiger partial charge in [0.1, 0.15) is 16.3 Å². The van der Waals surface area contributed by atoms with E-state index in [9.17, 15) is 0 Å². The molecule has 0 bridgehead atoms. The van der Waals surface area contributed by atoms with E-state index < -0.39 is 0 Å². The van der Waals surface area contributed by atoms with Crippen molar-refractivity contribution in [2.24, 2.45) is 0 Å². The average molecular weight is 307 g/mol. The number of nitrogens with zero attached hydrogens (tertiary/aromatic N) is 4. The Hall–Kier alpha value is -1.46. The lowest BCUT2D eigenvalue weighted by atomic mass is 10.3. The van der Waals surface area contributed by atoms with Crippen molar-refractivity contribution in [1.82, 2.24) is 19.5 Å². The van der Waals surface area contributed by atoms with E-state index in [1.54, 1.807) is 23.7 Å². The van der Waals surface area contributed by atoms with Gasteiger partial charge in [-0.1, -0.05) is 6.92 Å². The van der Waals surface area contributed by atoms with Crippen molar-refractivity contribution in [3.8, 4) is 0 Å². The molecule has 0 aliphatic rings. The Balaban J connectivity index is 2.12. The SMILES string of the molecule is CCc1cnc(C(C)n2c(CCl)nc3cnccc32)s1. The minimum Gasteiger partial charge on any atom is -0.317 e. The van der Waals surface area contributed by atoms with Crippen LogP contribution in [0.2, 0.25) is 0 Å². The number of imidazole rings is 1. The van der Waals surface area contributed by atoms with E-state index in [0.29, 0.717) is 5.88 Å². The molecule has 0 aromatic carbocycles. The Morgan fingerprint density at radius 2 is 2.25 bits per heavy atom. The van der Waals surface area contributed by atoms with E-state index in [0.717, 1.165) is 28.3 Å². The molecule has 0 aliphatic carbocycles. The molecular formula is C14H15ClN4S. The number of hydrogen-bond donors (Lipinski definition) is 0. The molecule has 6 heteroatoms. The zero-order valence-electron chi connectivity index (χ0n) is 11.4. The van der Waals surface area contributed by atoms with Crippen LogP contribution < -0.4 is 0 Å². The first-order chi connectivity index (χ1) is 9.74. The number of alkyl halides is 1. The number of aromatic nitrogens is 4. The van der Waals surface area contributed by atoms with Gasteiger partial charge in [-0.3, -0.25) is 4.98 Å². The molecule has 20 heavy (non-hydrogen) atoms. The summed E-state index contributed by atoms with van der Waals surface area (Å²) in [5.74, 6) is 1.24. The van der Waals surface area contributed by atoms with Gasteiger partial charge < -0.3 is 4.57 Å². The molecule has 3 rings (SSSR count). The molecule has 3 heterocycles. The van der Waals surface area contributed by atoms with Gasteiger partial charge in [0.05, 0.1) is 23.6 Å². The van der Waals surface area contributed by atoms with Gasteiger partial charge >= 0.3 is 0 Å². The van der Waals surface area contributed by atoms with Gasteiger partial charge in [-0.2, -0.15) is 0 Å². The minimum atomic E-state index is 0.126. The van der Waals surface area contributed by atoms with Crippen molar-refractivity contribution in [3.05, 3.63) is 40.4 Å². The quantitative estimate of drug-likeness (QED) is 0.689. The third-order valence-corrected chi connectivity index (χ3v) is 4.90. The first-order valence-corrected chi connectivity index (χ1v) is 7.91. The summed E-state index contributed by atoms with van der Waals surface area (Å²) in [6.07, 6.45) is 6.53. The van der Waals surface area contributed by atoms with Crippen LogP contribution in [0.4, 0.5) is 0 Å². The van der Waals surface area contributed by atoms with Gasteiger partial charge in [-0.25, -0.2) is 9.97 Å². The van der Waals surface area contributed by atoms with Crippen LogP contribution in [0.1, 0.15) is 35.6 Å². The van der Waals surface area contributed by atoms with Crippen molar-refractivity contribution in [2.75, 3.05) is 0 Å². The molecule has 0 saturated heterocycles. The average Bonchev–Trinajstić information content (AvgIpc) is 3.10. The number of halogens is 1. The van der Waals surface area contributed by atoms with Crippen LogP contribution in [0, 0.1) is 0 Å². The highest BCUT2D eigenvalue weighted by Gasteiger charge is 2.19. The normalized spacial score (nSPS) is 12.9. The fourth-order valence-corrected chi connectivity index (χ4v) is 3.40. The third-order valence-electron chi connectivity index (χ3n) is 3.35. The molecule has 0 spiro atoms. The van der Waals surface area contributed by atoms with E-state index in [-0.39, 0.29) is 6.04 Å². The summed E-state index contributed by atoms with van der Waals surface area (Å²) in [5.41, 5.74) is 1.93. The smallest absolute Gasteiger partial charge is 0.125 e. The molecule has 0 N–H and O–H groups in total. The molecule has 1 unspecified atom stereocenters. The van der Waals surface area contributed by atoms with Crippen molar-refractivity contribution in [1.29, 1.82) is 0 Å². The minimum absolute atomic E-state index is 0.126. The summed E-state index contributed by atoms with van der Waals surface area (Å²) in [6, 6.07) is 2.10. The van der Waals surface area contributed by atoms with E-state index in [1.165, 1.54) is 4.88 Å². The predicted octanol–water partition coefficient (Wildman–Crippen LogP) is 3.80. The zero-order valence-corrected chi connectivity index (χ0v) is 12.9. The monoisotopic (exact) mass is 306 g/mol. The highest BCUT2D eigenvalue weighted by molar-refractivity contribution is 7.11. The Kier molecular flexibility index (Phi) is 3.72. The molecule has 4 nitrogen and oxygen atoms in total. The summed E-state index contributed by atoms with van der Waals surface area (Å²) in [5, 5.41) is 1.09. The van der Waals surface area contributed by atoms with E-state index in [1.807, 2.05) is 12.3 Å². The van der Waals surface area contributed by atoms with Crippen molar-refractivity contribution in [2.45, 2.75) is 32.2 Å². The lowest BCUT2D eigenvalue weighted by molar-refractivity contribution is 0.630. The highest BCUT2D eigenvalue weighted by Crippen LogP contribution is 2.29.